The van der Waals surface area contributed by atoms with Gasteiger partial charge in [-0.15, -0.1) is 10.2 Å². The first-order valence-corrected chi connectivity index (χ1v) is 8.81. The maximum absolute atomic E-state index is 5.78. The van der Waals surface area contributed by atoms with Gasteiger partial charge in [-0.1, -0.05) is 41.9 Å². The summed E-state index contributed by atoms with van der Waals surface area (Å²) < 4.78 is 1.92. The van der Waals surface area contributed by atoms with Crippen LogP contribution in [0.25, 0.3) is 14.8 Å². The molecule has 0 atom stereocenters. The van der Waals surface area contributed by atoms with E-state index in [4.69, 9.17) is 10.8 Å². The van der Waals surface area contributed by atoms with Crippen LogP contribution in [0.4, 0.5) is 5.13 Å². The van der Waals surface area contributed by atoms with Crippen molar-refractivity contribution in [2.75, 3.05) is 5.73 Å². The van der Waals surface area contributed by atoms with Crippen molar-refractivity contribution < 1.29 is 0 Å². The molecule has 8 heteroatoms. The van der Waals surface area contributed by atoms with Gasteiger partial charge in [0.05, 0.1) is 10.6 Å². The quantitative estimate of drug-likeness (QED) is 0.784. The maximum atomic E-state index is 5.78. The Morgan fingerprint density at radius 3 is 2.67 bits per heavy atom. The second kappa shape index (κ2) is 5.03. The SMILES string of the molecule is Cc1nc(N)sc1-c1nn2c(C3CCCCC3)nnc2s1. The number of rotatable bonds is 2. The Bertz CT molecular complexity index is 780. The van der Waals surface area contributed by atoms with Crippen LogP contribution in [0.1, 0.15) is 49.5 Å². The fourth-order valence-electron chi connectivity index (χ4n) is 2.95. The number of thiazole rings is 1. The average Bonchev–Trinajstić information content (AvgIpc) is 3.13. The minimum Gasteiger partial charge on any atom is -0.375 e. The molecule has 110 valence electrons. The molecule has 3 aromatic rings. The standard InChI is InChI=1S/C13H16N6S2/c1-7-9(20-12(14)15-7)11-18-19-10(16-17-13(19)21-11)8-5-3-2-4-6-8/h8H,2-6H2,1H3,(H2,14,15). The third-order valence-electron chi connectivity index (χ3n) is 3.99. The number of anilines is 1. The highest BCUT2D eigenvalue weighted by molar-refractivity contribution is 7.25. The molecule has 3 heterocycles. The van der Waals surface area contributed by atoms with E-state index in [2.05, 4.69) is 15.2 Å². The van der Waals surface area contributed by atoms with E-state index in [1.165, 1.54) is 43.4 Å². The molecule has 0 radical (unpaired) electrons. The molecular formula is C13H16N6S2. The molecule has 0 bridgehead atoms. The average molecular weight is 320 g/mol. The van der Waals surface area contributed by atoms with Gasteiger partial charge in [-0.3, -0.25) is 0 Å². The third kappa shape index (κ3) is 2.22. The molecule has 1 aliphatic rings. The summed E-state index contributed by atoms with van der Waals surface area (Å²) in [6, 6.07) is 0. The monoisotopic (exact) mass is 320 g/mol. The number of nitrogens with zero attached hydrogens (tertiary/aromatic N) is 5. The van der Waals surface area contributed by atoms with Gasteiger partial charge in [0.25, 0.3) is 0 Å². The molecular weight excluding hydrogens is 304 g/mol. The summed E-state index contributed by atoms with van der Waals surface area (Å²) >= 11 is 3.04. The first-order valence-electron chi connectivity index (χ1n) is 7.18. The number of hydrogen-bond acceptors (Lipinski definition) is 7. The number of nitrogens with two attached hydrogens (primary N) is 1. The maximum Gasteiger partial charge on any atom is 0.235 e. The van der Waals surface area contributed by atoms with E-state index < -0.39 is 0 Å². The zero-order valence-corrected chi connectivity index (χ0v) is 13.4. The molecule has 0 aliphatic heterocycles. The lowest BCUT2D eigenvalue weighted by molar-refractivity contribution is 0.423. The normalized spacial score (nSPS) is 16.8. The van der Waals surface area contributed by atoms with E-state index in [1.54, 1.807) is 11.3 Å². The van der Waals surface area contributed by atoms with Crippen molar-refractivity contribution in [1.82, 2.24) is 24.8 Å². The van der Waals surface area contributed by atoms with Crippen LogP contribution in [0.2, 0.25) is 0 Å². The summed E-state index contributed by atoms with van der Waals surface area (Å²) in [4.78, 5) is 6.17. The number of hydrogen-bond donors (Lipinski definition) is 1. The Hall–Kier alpha value is -1.54. The van der Waals surface area contributed by atoms with Crippen molar-refractivity contribution in [3.8, 4) is 9.88 Å². The molecule has 3 aromatic heterocycles. The zero-order valence-electron chi connectivity index (χ0n) is 11.7. The Morgan fingerprint density at radius 1 is 1.14 bits per heavy atom. The first-order chi connectivity index (χ1) is 10.2. The molecule has 0 unspecified atom stereocenters. The summed E-state index contributed by atoms with van der Waals surface area (Å²) in [6.45, 7) is 1.96. The van der Waals surface area contributed by atoms with E-state index in [9.17, 15) is 0 Å². The highest BCUT2D eigenvalue weighted by Gasteiger charge is 2.23. The summed E-state index contributed by atoms with van der Waals surface area (Å²) in [5, 5.41) is 14.9. The summed E-state index contributed by atoms with van der Waals surface area (Å²) in [5.74, 6) is 1.51. The Labute approximate surface area is 130 Å². The minimum absolute atomic E-state index is 0.497. The Balaban J connectivity index is 1.76. The van der Waals surface area contributed by atoms with Crippen LogP contribution >= 0.6 is 22.7 Å². The van der Waals surface area contributed by atoms with Gasteiger partial charge < -0.3 is 5.73 Å². The second-order valence-corrected chi connectivity index (χ2v) is 7.45. The van der Waals surface area contributed by atoms with Gasteiger partial charge in [0.2, 0.25) is 4.96 Å². The fourth-order valence-corrected chi connectivity index (χ4v) is 4.76. The molecule has 4 rings (SSSR count). The Morgan fingerprint density at radius 2 is 1.95 bits per heavy atom. The van der Waals surface area contributed by atoms with Crippen molar-refractivity contribution in [3.63, 3.8) is 0 Å². The van der Waals surface area contributed by atoms with Crippen LogP contribution in [0.5, 0.6) is 0 Å². The summed E-state index contributed by atoms with van der Waals surface area (Å²) in [7, 11) is 0. The van der Waals surface area contributed by atoms with Gasteiger partial charge in [0.15, 0.2) is 16.0 Å². The lowest BCUT2D eigenvalue weighted by Gasteiger charge is -2.18. The topological polar surface area (TPSA) is 82.0 Å². The second-order valence-electron chi connectivity index (χ2n) is 5.46. The molecule has 21 heavy (non-hydrogen) atoms. The minimum atomic E-state index is 0.497. The third-order valence-corrected chi connectivity index (χ3v) is 6.03. The van der Waals surface area contributed by atoms with Gasteiger partial charge in [-0.2, -0.15) is 9.61 Å². The largest absolute Gasteiger partial charge is 0.375 e. The highest BCUT2D eigenvalue weighted by Crippen LogP contribution is 2.36. The molecule has 2 N–H and O–H groups in total. The fraction of sp³-hybridized carbons (Fsp3) is 0.538. The zero-order chi connectivity index (χ0) is 14.4. The number of fused-ring (bicyclic) bond motifs is 1. The first kappa shape index (κ1) is 13.1. The smallest absolute Gasteiger partial charge is 0.235 e. The molecule has 1 fully saturated rings. The molecule has 0 spiro atoms. The summed E-state index contributed by atoms with van der Waals surface area (Å²) in [6.07, 6.45) is 6.28. The van der Waals surface area contributed by atoms with Crippen molar-refractivity contribution in [3.05, 3.63) is 11.5 Å². The van der Waals surface area contributed by atoms with Crippen molar-refractivity contribution in [2.45, 2.75) is 44.9 Å². The molecule has 0 saturated heterocycles. The van der Waals surface area contributed by atoms with E-state index in [-0.39, 0.29) is 0 Å². The molecule has 0 aromatic carbocycles. The van der Waals surface area contributed by atoms with Gasteiger partial charge in [0, 0.05) is 5.92 Å². The van der Waals surface area contributed by atoms with Crippen LogP contribution < -0.4 is 5.73 Å². The lowest BCUT2D eigenvalue weighted by atomic mass is 9.89. The van der Waals surface area contributed by atoms with Gasteiger partial charge in [-0.05, 0) is 19.8 Å². The van der Waals surface area contributed by atoms with Crippen LogP contribution in [0, 0.1) is 6.92 Å². The van der Waals surface area contributed by atoms with Crippen molar-refractivity contribution in [2.24, 2.45) is 0 Å². The highest BCUT2D eigenvalue weighted by atomic mass is 32.1. The van der Waals surface area contributed by atoms with E-state index >= 15 is 0 Å². The van der Waals surface area contributed by atoms with Crippen LogP contribution in [-0.2, 0) is 0 Å². The van der Waals surface area contributed by atoms with E-state index in [0.29, 0.717) is 11.0 Å². The summed E-state index contributed by atoms with van der Waals surface area (Å²) in [5.41, 5.74) is 6.71. The van der Waals surface area contributed by atoms with Crippen LogP contribution in [-0.4, -0.2) is 24.8 Å². The van der Waals surface area contributed by atoms with Crippen LogP contribution in [0.15, 0.2) is 0 Å². The molecule has 6 nitrogen and oxygen atoms in total. The van der Waals surface area contributed by atoms with E-state index in [1.807, 2.05) is 11.4 Å². The van der Waals surface area contributed by atoms with Gasteiger partial charge in [0.1, 0.15) is 0 Å². The van der Waals surface area contributed by atoms with Crippen LogP contribution in [0.3, 0.4) is 0 Å². The van der Waals surface area contributed by atoms with E-state index in [0.717, 1.165) is 26.4 Å². The number of aromatic nitrogens is 5. The lowest BCUT2D eigenvalue weighted by Crippen LogP contribution is -2.09. The van der Waals surface area contributed by atoms with Gasteiger partial charge in [-0.25, -0.2) is 4.98 Å². The predicted octanol–water partition coefficient (Wildman–Crippen LogP) is 3.25. The predicted molar refractivity (Wildman–Crippen MR) is 84.7 cm³/mol. The Kier molecular flexibility index (Phi) is 3.15. The number of nitrogen functional groups attached to an aromatic ring is 1. The van der Waals surface area contributed by atoms with Gasteiger partial charge >= 0.3 is 0 Å². The van der Waals surface area contributed by atoms with Crippen molar-refractivity contribution in [1.29, 1.82) is 0 Å². The molecule has 0 amide bonds. The number of aryl methyl sites for hydroxylation is 1. The molecule has 1 aliphatic carbocycles. The van der Waals surface area contributed by atoms with Crippen molar-refractivity contribution >= 4 is 32.8 Å². The molecule has 1 saturated carbocycles.